The van der Waals surface area contributed by atoms with E-state index in [1.54, 1.807) is 13.8 Å². The lowest BCUT2D eigenvalue weighted by Crippen LogP contribution is -2.48. The predicted molar refractivity (Wildman–Crippen MR) is 61.7 cm³/mol. The number of nitrogens with two attached hydrogens (primary N) is 1. The molecule has 0 aliphatic carbocycles. The molecule has 2 aliphatic heterocycles. The van der Waals surface area contributed by atoms with Crippen molar-refractivity contribution in [3.8, 4) is 0 Å². The second-order valence-corrected chi connectivity index (χ2v) is 5.45. The van der Waals surface area contributed by atoms with Gasteiger partial charge in [0.15, 0.2) is 0 Å². The molecule has 2 unspecified atom stereocenters. The molecule has 2 atom stereocenters. The molecule has 3 amide bonds. The molecule has 1 saturated heterocycles. The maximum atomic E-state index is 12.0. The summed E-state index contributed by atoms with van der Waals surface area (Å²) in [6.45, 7) is 3.35. The Labute approximate surface area is 109 Å². The molecule has 10 heteroatoms. The molecular formula is C9H13N3O6S. The molecule has 9 nitrogen and oxygen atoms in total. The molecule has 1 fully saturated rings. The van der Waals surface area contributed by atoms with Gasteiger partial charge in [0.1, 0.15) is 12.1 Å². The summed E-state index contributed by atoms with van der Waals surface area (Å²) in [5, 5.41) is 0.539. The summed E-state index contributed by atoms with van der Waals surface area (Å²) in [5.41, 5.74) is 6.42. The van der Waals surface area contributed by atoms with Crippen molar-refractivity contribution >= 4 is 22.3 Å². The lowest BCUT2D eigenvalue weighted by atomic mass is 9.93. The van der Waals surface area contributed by atoms with Gasteiger partial charge in [-0.1, -0.05) is 0 Å². The Hall–Kier alpha value is -1.65. The topological polar surface area (TPSA) is 130 Å². The standard InChI is InChI=1S/C9H13N3O6S/c1-4-5(2)7(8(10)13)11-3-6(4)12(9(11)14)18-19(15,16)17/h6-7H,3H2,1-2H3,(H2,10,13)(H,15,16,17). The van der Waals surface area contributed by atoms with E-state index in [1.807, 2.05) is 0 Å². The zero-order chi connectivity index (χ0) is 14.5. The van der Waals surface area contributed by atoms with E-state index in [0.717, 1.165) is 4.90 Å². The summed E-state index contributed by atoms with van der Waals surface area (Å²) in [5.74, 6) is -0.711. The van der Waals surface area contributed by atoms with Gasteiger partial charge < -0.3 is 10.6 Å². The molecule has 2 rings (SSSR count). The normalized spacial score (nSPS) is 27.2. The van der Waals surface area contributed by atoms with E-state index < -0.39 is 34.4 Å². The van der Waals surface area contributed by atoms with Gasteiger partial charge in [0.25, 0.3) is 0 Å². The van der Waals surface area contributed by atoms with Crippen LogP contribution in [0.1, 0.15) is 13.8 Å². The minimum absolute atomic E-state index is 0.0745. The average molecular weight is 291 g/mol. The third kappa shape index (κ3) is 2.17. The first-order valence-electron chi connectivity index (χ1n) is 5.37. The molecule has 2 heterocycles. The van der Waals surface area contributed by atoms with Crippen LogP contribution >= 0.6 is 0 Å². The lowest BCUT2D eigenvalue weighted by Gasteiger charge is -2.30. The number of rotatable bonds is 3. The molecule has 0 saturated carbocycles. The van der Waals surface area contributed by atoms with Gasteiger partial charge in [0.05, 0.1) is 6.54 Å². The number of hydrogen-bond donors (Lipinski definition) is 2. The van der Waals surface area contributed by atoms with E-state index in [2.05, 4.69) is 4.28 Å². The number of nitrogens with zero attached hydrogens (tertiary/aromatic N) is 2. The van der Waals surface area contributed by atoms with Crippen molar-refractivity contribution in [3.63, 3.8) is 0 Å². The van der Waals surface area contributed by atoms with Crippen molar-refractivity contribution in [3.05, 3.63) is 11.1 Å². The third-order valence-electron chi connectivity index (χ3n) is 3.37. The maximum Gasteiger partial charge on any atom is 0.418 e. The van der Waals surface area contributed by atoms with Crippen LogP contribution in [0, 0.1) is 0 Å². The zero-order valence-corrected chi connectivity index (χ0v) is 11.0. The van der Waals surface area contributed by atoms with Gasteiger partial charge in [0, 0.05) is 0 Å². The van der Waals surface area contributed by atoms with Crippen molar-refractivity contribution in [2.24, 2.45) is 5.73 Å². The van der Waals surface area contributed by atoms with Crippen LogP contribution in [0.3, 0.4) is 0 Å². The number of amides is 3. The number of urea groups is 1. The van der Waals surface area contributed by atoms with E-state index in [4.69, 9.17) is 10.3 Å². The van der Waals surface area contributed by atoms with Crippen molar-refractivity contribution in [1.29, 1.82) is 0 Å². The van der Waals surface area contributed by atoms with Crippen molar-refractivity contribution in [2.45, 2.75) is 25.9 Å². The smallest absolute Gasteiger partial charge is 0.368 e. The van der Waals surface area contributed by atoms with Crippen molar-refractivity contribution in [2.75, 3.05) is 6.54 Å². The molecule has 2 aliphatic rings. The second kappa shape index (κ2) is 4.18. The van der Waals surface area contributed by atoms with Gasteiger partial charge in [-0.3, -0.25) is 9.35 Å². The Morgan fingerprint density at radius 3 is 2.47 bits per heavy atom. The van der Waals surface area contributed by atoms with Crippen LogP contribution in [0.5, 0.6) is 0 Å². The fourth-order valence-corrected chi connectivity index (χ4v) is 2.76. The van der Waals surface area contributed by atoms with Gasteiger partial charge in [-0.15, -0.1) is 4.28 Å². The first-order valence-corrected chi connectivity index (χ1v) is 6.73. The quantitative estimate of drug-likeness (QED) is 0.508. The van der Waals surface area contributed by atoms with E-state index >= 15 is 0 Å². The first-order chi connectivity index (χ1) is 8.63. The number of hydroxylamine groups is 2. The Kier molecular flexibility index (Phi) is 3.03. The third-order valence-corrected chi connectivity index (χ3v) is 3.72. The minimum atomic E-state index is -4.82. The number of hydrogen-bond acceptors (Lipinski definition) is 5. The molecule has 0 aromatic carbocycles. The van der Waals surface area contributed by atoms with Crippen LogP contribution in [0.25, 0.3) is 0 Å². The highest BCUT2D eigenvalue weighted by Gasteiger charge is 2.50. The van der Waals surface area contributed by atoms with Gasteiger partial charge in [-0.25, -0.2) is 4.79 Å². The molecule has 19 heavy (non-hydrogen) atoms. The van der Waals surface area contributed by atoms with Crippen LogP contribution in [-0.2, 0) is 19.5 Å². The molecule has 0 radical (unpaired) electrons. The van der Waals surface area contributed by atoms with Crippen LogP contribution in [-0.4, -0.2) is 53.5 Å². The van der Waals surface area contributed by atoms with Crippen LogP contribution in [0.15, 0.2) is 11.1 Å². The maximum absolute atomic E-state index is 12.0. The van der Waals surface area contributed by atoms with E-state index in [9.17, 15) is 18.0 Å². The fraction of sp³-hybridized carbons (Fsp3) is 0.556. The lowest BCUT2D eigenvalue weighted by molar-refractivity contribution is -0.121. The first kappa shape index (κ1) is 13.8. The van der Waals surface area contributed by atoms with Crippen LogP contribution in [0.4, 0.5) is 4.79 Å². The number of carbonyl (C=O) groups is 2. The van der Waals surface area contributed by atoms with Gasteiger partial charge >= 0.3 is 16.4 Å². The predicted octanol–water partition coefficient (Wildman–Crippen LogP) is -0.969. The van der Waals surface area contributed by atoms with E-state index in [-0.39, 0.29) is 6.54 Å². The van der Waals surface area contributed by atoms with Crippen molar-refractivity contribution < 1.29 is 26.8 Å². The Morgan fingerprint density at radius 1 is 1.42 bits per heavy atom. The second-order valence-electron chi connectivity index (χ2n) is 4.45. The molecule has 0 aromatic heterocycles. The summed E-state index contributed by atoms with van der Waals surface area (Å²) in [6.07, 6.45) is 0. The molecule has 0 spiro atoms. The van der Waals surface area contributed by atoms with Crippen molar-refractivity contribution in [1.82, 2.24) is 9.96 Å². The summed E-state index contributed by atoms with van der Waals surface area (Å²) in [6, 6.07) is -2.44. The Morgan fingerprint density at radius 2 is 2.00 bits per heavy atom. The zero-order valence-electron chi connectivity index (χ0n) is 10.2. The number of fused-ring (bicyclic) bond motifs is 2. The largest absolute Gasteiger partial charge is 0.418 e. The number of primary amides is 1. The average Bonchev–Trinajstić information content (AvgIpc) is 2.51. The monoisotopic (exact) mass is 291 g/mol. The highest BCUT2D eigenvalue weighted by Crippen LogP contribution is 2.34. The van der Waals surface area contributed by atoms with Gasteiger partial charge in [-0.05, 0) is 25.0 Å². The molecule has 2 bridgehead atoms. The fourth-order valence-electron chi connectivity index (χ4n) is 2.39. The summed E-state index contributed by atoms with van der Waals surface area (Å²) in [4.78, 5) is 24.5. The molecule has 106 valence electrons. The Balaban J connectivity index is 2.43. The van der Waals surface area contributed by atoms with E-state index in [1.165, 1.54) is 0 Å². The summed E-state index contributed by atoms with van der Waals surface area (Å²) >= 11 is 0. The van der Waals surface area contributed by atoms with Gasteiger partial charge in [-0.2, -0.15) is 13.5 Å². The number of carbonyl (C=O) groups excluding carboxylic acids is 2. The van der Waals surface area contributed by atoms with Crippen LogP contribution in [0.2, 0.25) is 0 Å². The minimum Gasteiger partial charge on any atom is -0.368 e. The highest BCUT2D eigenvalue weighted by atomic mass is 32.3. The molecule has 3 N–H and O–H groups in total. The van der Waals surface area contributed by atoms with Gasteiger partial charge in [0.2, 0.25) is 5.91 Å². The molecule has 0 aromatic rings. The summed E-state index contributed by atoms with van der Waals surface area (Å²) < 4.78 is 34.4. The van der Waals surface area contributed by atoms with Crippen LogP contribution < -0.4 is 5.73 Å². The summed E-state index contributed by atoms with van der Waals surface area (Å²) in [7, 11) is -4.82. The SMILES string of the molecule is CC1=C(C)C2CN(C(=O)N2OS(=O)(=O)O)C1C(N)=O. The highest BCUT2D eigenvalue weighted by molar-refractivity contribution is 7.80. The Bertz CT molecular complexity index is 583. The van der Waals surface area contributed by atoms with E-state index in [0.29, 0.717) is 16.2 Å². The molecular weight excluding hydrogens is 278 g/mol.